The molecule has 2 nitrogen and oxygen atoms in total. The van der Waals surface area contributed by atoms with Crippen LogP contribution in [0.15, 0.2) is 0 Å². The predicted molar refractivity (Wildman–Crippen MR) is 68.9 cm³/mol. The molecule has 0 aliphatic carbocycles. The summed E-state index contributed by atoms with van der Waals surface area (Å²) in [6.45, 7) is 15.5. The average Bonchev–Trinajstić information content (AvgIpc) is 2.00. The van der Waals surface area contributed by atoms with Crippen molar-refractivity contribution in [1.82, 2.24) is 5.32 Å². The first kappa shape index (κ1) is 14.9. The second-order valence-corrected chi connectivity index (χ2v) is 6.09. The van der Waals surface area contributed by atoms with Crippen molar-refractivity contribution in [3.63, 3.8) is 0 Å². The van der Waals surface area contributed by atoms with Gasteiger partial charge in [-0.15, -0.1) is 0 Å². The normalized spacial score (nSPS) is 13.2. The fourth-order valence-corrected chi connectivity index (χ4v) is 1.92. The summed E-state index contributed by atoms with van der Waals surface area (Å²) in [4.78, 5) is 0. The summed E-state index contributed by atoms with van der Waals surface area (Å²) < 4.78 is 0. The van der Waals surface area contributed by atoms with Gasteiger partial charge in [-0.2, -0.15) is 0 Å². The molecule has 0 rings (SSSR count). The number of hydrogen-bond acceptors (Lipinski definition) is 2. The fraction of sp³-hybridized carbons (Fsp3) is 1.00. The Morgan fingerprint density at radius 3 is 1.87 bits per heavy atom. The molecular formula is C13H30N2. The Hall–Kier alpha value is -0.0800. The Morgan fingerprint density at radius 2 is 1.53 bits per heavy atom. The lowest BCUT2D eigenvalue weighted by Crippen LogP contribution is -2.38. The molecule has 0 heterocycles. The van der Waals surface area contributed by atoms with Crippen LogP contribution in [0, 0.1) is 17.8 Å². The highest BCUT2D eigenvalue weighted by atomic mass is 14.9. The molecule has 3 N–H and O–H groups in total. The third-order valence-corrected chi connectivity index (χ3v) is 3.04. The van der Waals surface area contributed by atoms with Gasteiger partial charge >= 0.3 is 0 Å². The van der Waals surface area contributed by atoms with Gasteiger partial charge in [0.2, 0.25) is 0 Å². The van der Waals surface area contributed by atoms with E-state index in [2.05, 4.69) is 46.9 Å². The van der Waals surface area contributed by atoms with Crippen LogP contribution < -0.4 is 11.1 Å². The minimum Gasteiger partial charge on any atom is -0.326 e. The molecule has 0 aliphatic rings. The lowest BCUT2D eigenvalue weighted by Gasteiger charge is -2.26. The van der Waals surface area contributed by atoms with E-state index in [1.807, 2.05) is 0 Å². The van der Waals surface area contributed by atoms with Gasteiger partial charge in [0.1, 0.15) is 0 Å². The highest BCUT2D eigenvalue weighted by molar-refractivity contribution is 4.74. The SMILES string of the molecule is CC(C)C(CNCCC(C)(C)N)C(C)C. The van der Waals surface area contributed by atoms with Crippen LogP contribution in [0.1, 0.15) is 48.0 Å². The van der Waals surface area contributed by atoms with Crippen molar-refractivity contribution >= 4 is 0 Å². The summed E-state index contributed by atoms with van der Waals surface area (Å²) in [6.07, 6.45) is 1.04. The van der Waals surface area contributed by atoms with Gasteiger partial charge in [0.25, 0.3) is 0 Å². The van der Waals surface area contributed by atoms with Gasteiger partial charge in [0.15, 0.2) is 0 Å². The van der Waals surface area contributed by atoms with E-state index in [0.717, 1.165) is 37.3 Å². The smallest absolute Gasteiger partial charge is 0.0109 e. The van der Waals surface area contributed by atoms with E-state index in [-0.39, 0.29) is 5.54 Å². The van der Waals surface area contributed by atoms with Crippen molar-refractivity contribution in [2.75, 3.05) is 13.1 Å². The number of nitrogens with two attached hydrogens (primary N) is 1. The Kier molecular flexibility index (Phi) is 6.46. The molecule has 0 spiro atoms. The zero-order valence-corrected chi connectivity index (χ0v) is 11.4. The monoisotopic (exact) mass is 214 g/mol. The van der Waals surface area contributed by atoms with Gasteiger partial charge in [-0.05, 0) is 51.1 Å². The first-order valence-corrected chi connectivity index (χ1v) is 6.23. The average molecular weight is 214 g/mol. The summed E-state index contributed by atoms with van der Waals surface area (Å²) in [5.41, 5.74) is 5.89. The van der Waals surface area contributed by atoms with Crippen LogP contribution in [-0.2, 0) is 0 Å². The second-order valence-electron chi connectivity index (χ2n) is 6.09. The molecule has 0 aliphatic heterocycles. The summed E-state index contributed by atoms with van der Waals surface area (Å²) in [5.74, 6) is 2.28. The van der Waals surface area contributed by atoms with E-state index >= 15 is 0 Å². The van der Waals surface area contributed by atoms with Gasteiger partial charge in [-0.1, -0.05) is 27.7 Å². The van der Waals surface area contributed by atoms with Gasteiger partial charge in [-0.25, -0.2) is 0 Å². The van der Waals surface area contributed by atoms with E-state index in [9.17, 15) is 0 Å². The van der Waals surface area contributed by atoms with Crippen LogP contribution in [0.4, 0.5) is 0 Å². The topological polar surface area (TPSA) is 38.0 Å². The third kappa shape index (κ3) is 7.80. The first-order chi connectivity index (χ1) is 6.74. The van der Waals surface area contributed by atoms with E-state index in [0.29, 0.717) is 0 Å². The van der Waals surface area contributed by atoms with E-state index in [4.69, 9.17) is 5.73 Å². The summed E-state index contributed by atoms with van der Waals surface area (Å²) >= 11 is 0. The standard InChI is InChI=1S/C13H30N2/c1-10(2)12(11(3)4)9-15-8-7-13(5,6)14/h10-12,15H,7-9,14H2,1-6H3. The maximum absolute atomic E-state index is 5.93. The predicted octanol–water partition coefficient (Wildman–Crippen LogP) is 2.63. The minimum atomic E-state index is -0.0435. The molecular weight excluding hydrogens is 184 g/mol. The van der Waals surface area contributed by atoms with E-state index in [1.54, 1.807) is 0 Å². The molecule has 0 aromatic rings. The zero-order chi connectivity index (χ0) is 12.1. The maximum atomic E-state index is 5.93. The first-order valence-electron chi connectivity index (χ1n) is 6.23. The molecule has 0 atom stereocenters. The molecule has 0 unspecified atom stereocenters. The minimum absolute atomic E-state index is 0.0435. The van der Waals surface area contributed by atoms with Crippen LogP contribution in [-0.4, -0.2) is 18.6 Å². The zero-order valence-electron chi connectivity index (χ0n) is 11.4. The van der Waals surface area contributed by atoms with Crippen molar-refractivity contribution in [2.45, 2.75) is 53.5 Å². The highest BCUT2D eigenvalue weighted by Gasteiger charge is 2.17. The molecule has 0 radical (unpaired) electrons. The molecule has 2 heteroatoms. The lowest BCUT2D eigenvalue weighted by molar-refractivity contribution is 0.273. The third-order valence-electron chi connectivity index (χ3n) is 3.04. The molecule has 0 amide bonds. The van der Waals surface area contributed by atoms with Crippen molar-refractivity contribution in [3.05, 3.63) is 0 Å². The van der Waals surface area contributed by atoms with Gasteiger partial charge in [0.05, 0.1) is 0 Å². The summed E-state index contributed by atoms with van der Waals surface area (Å²) in [5, 5.41) is 3.52. The van der Waals surface area contributed by atoms with Crippen LogP contribution in [0.3, 0.4) is 0 Å². The van der Waals surface area contributed by atoms with Crippen molar-refractivity contribution in [3.8, 4) is 0 Å². The summed E-state index contributed by atoms with van der Waals surface area (Å²) in [7, 11) is 0. The lowest BCUT2D eigenvalue weighted by atomic mass is 9.85. The van der Waals surface area contributed by atoms with Crippen molar-refractivity contribution in [2.24, 2.45) is 23.5 Å². The molecule has 0 fully saturated rings. The molecule has 0 saturated heterocycles. The number of hydrogen-bond donors (Lipinski definition) is 2. The van der Waals surface area contributed by atoms with Crippen molar-refractivity contribution in [1.29, 1.82) is 0 Å². The molecule has 0 saturated carbocycles. The van der Waals surface area contributed by atoms with Crippen LogP contribution in [0.25, 0.3) is 0 Å². The molecule has 92 valence electrons. The Labute approximate surface area is 96.0 Å². The Balaban J connectivity index is 3.73. The number of rotatable bonds is 7. The molecule has 0 aromatic heterocycles. The molecule has 15 heavy (non-hydrogen) atoms. The Morgan fingerprint density at radius 1 is 1.07 bits per heavy atom. The van der Waals surface area contributed by atoms with Gasteiger partial charge in [0, 0.05) is 5.54 Å². The number of nitrogens with one attached hydrogen (secondary N) is 1. The summed E-state index contributed by atoms with van der Waals surface area (Å²) in [6, 6.07) is 0. The second kappa shape index (κ2) is 6.49. The fourth-order valence-electron chi connectivity index (χ4n) is 1.92. The van der Waals surface area contributed by atoms with Crippen LogP contribution in [0.5, 0.6) is 0 Å². The van der Waals surface area contributed by atoms with E-state index < -0.39 is 0 Å². The quantitative estimate of drug-likeness (QED) is 0.639. The Bertz CT molecular complexity index is 148. The van der Waals surface area contributed by atoms with E-state index in [1.165, 1.54) is 0 Å². The maximum Gasteiger partial charge on any atom is 0.0109 e. The van der Waals surface area contributed by atoms with Gasteiger partial charge < -0.3 is 11.1 Å². The largest absolute Gasteiger partial charge is 0.326 e. The van der Waals surface area contributed by atoms with Crippen LogP contribution >= 0.6 is 0 Å². The van der Waals surface area contributed by atoms with Crippen molar-refractivity contribution < 1.29 is 0 Å². The molecule has 0 aromatic carbocycles. The van der Waals surface area contributed by atoms with Crippen LogP contribution in [0.2, 0.25) is 0 Å². The highest BCUT2D eigenvalue weighted by Crippen LogP contribution is 2.19. The van der Waals surface area contributed by atoms with Gasteiger partial charge in [-0.3, -0.25) is 0 Å². The molecule has 0 bridgehead atoms.